The molecule has 0 radical (unpaired) electrons. The van der Waals surface area contributed by atoms with Gasteiger partial charge in [0.1, 0.15) is 0 Å². The monoisotopic (exact) mass is 140 g/mol. The van der Waals surface area contributed by atoms with Crippen LogP contribution in [0.2, 0.25) is 0 Å². The first kappa shape index (κ1) is 6.62. The molecule has 0 bridgehead atoms. The summed E-state index contributed by atoms with van der Waals surface area (Å²) in [6.07, 6.45) is 4.38. The number of hydrogen-bond acceptors (Lipinski definition) is 2. The highest BCUT2D eigenvalue weighted by Crippen LogP contribution is 2.40. The average molecular weight is 140 g/mol. The van der Waals surface area contributed by atoms with Gasteiger partial charge in [-0.25, -0.2) is 0 Å². The fourth-order valence-electron chi connectivity index (χ4n) is 1.98. The number of nitrogens with two attached hydrogens (primary N) is 1. The molecule has 0 aromatic carbocycles. The Balaban J connectivity index is 1.81. The van der Waals surface area contributed by atoms with Crippen LogP contribution in [0, 0.1) is 11.8 Å². The van der Waals surface area contributed by atoms with E-state index >= 15 is 0 Å². The molecule has 1 aliphatic carbocycles. The average Bonchev–Trinajstić information content (AvgIpc) is 2.70. The van der Waals surface area contributed by atoms with E-state index < -0.39 is 0 Å². The predicted octanol–water partition coefficient (Wildman–Crippen LogP) is 0.634. The van der Waals surface area contributed by atoms with Gasteiger partial charge in [-0.15, -0.1) is 0 Å². The van der Waals surface area contributed by atoms with Crippen molar-refractivity contribution in [2.24, 2.45) is 17.6 Å². The lowest BCUT2D eigenvalue weighted by molar-refractivity contribution is 0.326. The summed E-state index contributed by atoms with van der Waals surface area (Å²) >= 11 is 0. The molecule has 0 amide bonds. The van der Waals surface area contributed by atoms with Crippen molar-refractivity contribution in [2.45, 2.75) is 19.3 Å². The van der Waals surface area contributed by atoms with Gasteiger partial charge in [-0.05, 0) is 37.6 Å². The van der Waals surface area contributed by atoms with Gasteiger partial charge in [-0.1, -0.05) is 0 Å². The molecule has 2 rings (SSSR count). The van der Waals surface area contributed by atoms with Crippen molar-refractivity contribution in [2.75, 3.05) is 19.8 Å². The third-order valence-electron chi connectivity index (χ3n) is 2.86. The molecule has 2 fully saturated rings. The van der Waals surface area contributed by atoms with Gasteiger partial charge in [0.25, 0.3) is 0 Å². The molecule has 10 heavy (non-hydrogen) atoms. The van der Waals surface area contributed by atoms with Crippen LogP contribution in [-0.2, 0) is 0 Å². The number of rotatable bonds is 2. The third kappa shape index (κ3) is 1.18. The first-order chi connectivity index (χ1) is 4.90. The van der Waals surface area contributed by atoms with E-state index in [1.165, 1.54) is 32.4 Å². The molecule has 2 aliphatic rings. The summed E-state index contributed by atoms with van der Waals surface area (Å²) in [6, 6.07) is 0. The maximum absolute atomic E-state index is 5.54. The highest BCUT2D eigenvalue weighted by Gasteiger charge is 2.35. The van der Waals surface area contributed by atoms with Gasteiger partial charge in [-0.3, -0.25) is 4.90 Å². The van der Waals surface area contributed by atoms with Crippen LogP contribution in [0.15, 0.2) is 0 Å². The largest absolute Gasteiger partial charge is 0.318 e. The zero-order chi connectivity index (χ0) is 6.97. The summed E-state index contributed by atoms with van der Waals surface area (Å²) in [5.41, 5.74) is 5.54. The molecule has 1 saturated carbocycles. The highest BCUT2D eigenvalue weighted by molar-refractivity contribution is 4.87. The normalized spacial score (nSPS) is 35.1. The Hall–Kier alpha value is -0.0800. The predicted molar refractivity (Wildman–Crippen MR) is 41.5 cm³/mol. The van der Waals surface area contributed by atoms with E-state index in [1.807, 2.05) is 0 Å². The molecule has 58 valence electrons. The zero-order valence-electron chi connectivity index (χ0n) is 6.42. The second kappa shape index (κ2) is 2.51. The van der Waals surface area contributed by atoms with Gasteiger partial charge in [-0.2, -0.15) is 0 Å². The zero-order valence-corrected chi connectivity index (χ0v) is 6.42. The van der Waals surface area contributed by atoms with Crippen molar-refractivity contribution < 1.29 is 0 Å². The van der Waals surface area contributed by atoms with Crippen LogP contribution in [0.4, 0.5) is 0 Å². The van der Waals surface area contributed by atoms with E-state index in [0.717, 1.165) is 18.5 Å². The van der Waals surface area contributed by atoms with Gasteiger partial charge < -0.3 is 5.73 Å². The lowest BCUT2D eigenvalue weighted by atomic mass is 10.0. The van der Waals surface area contributed by atoms with E-state index in [1.54, 1.807) is 0 Å². The minimum Gasteiger partial charge on any atom is -0.318 e. The summed E-state index contributed by atoms with van der Waals surface area (Å²) in [4.78, 5) is 2.36. The van der Waals surface area contributed by atoms with E-state index in [0.29, 0.717) is 0 Å². The summed E-state index contributed by atoms with van der Waals surface area (Å²) in [7, 11) is 0. The lowest BCUT2D eigenvalue weighted by Gasteiger charge is -2.11. The molecule has 0 aromatic rings. The Morgan fingerprint density at radius 1 is 1.20 bits per heavy atom. The standard InChI is InChI=1S/C8H16N2/c9-6-10-4-3-8(5-10)7-1-2-7/h7-8H,1-6,9H2. The topological polar surface area (TPSA) is 29.3 Å². The Morgan fingerprint density at radius 3 is 2.50 bits per heavy atom. The Kier molecular flexibility index (Phi) is 1.66. The number of nitrogens with zero attached hydrogens (tertiary/aromatic N) is 1. The SMILES string of the molecule is NCN1CCC(C2CC2)C1. The van der Waals surface area contributed by atoms with Gasteiger partial charge >= 0.3 is 0 Å². The van der Waals surface area contributed by atoms with Crippen LogP contribution in [0.1, 0.15) is 19.3 Å². The summed E-state index contributed by atoms with van der Waals surface area (Å²) in [6.45, 7) is 3.29. The van der Waals surface area contributed by atoms with Gasteiger partial charge in [0.2, 0.25) is 0 Å². The van der Waals surface area contributed by atoms with Crippen LogP contribution in [0.3, 0.4) is 0 Å². The quantitative estimate of drug-likeness (QED) is 0.609. The maximum atomic E-state index is 5.54. The number of likely N-dealkylation sites (tertiary alicyclic amines) is 1. The van der Waals surface area contributed by atoms with Gasteiger partial charge in [0.15, 0.2) is 0 Å². The third-order valence-corrected chi connectivity index (χ3v) is 2.86. The Labute approximate surface area is 62.4 Å². The Bertz CT molecular complexity index is 120. The van der Waals surface area contributed by atoms with Crippen LogP contribution < -0.4 is 5.73 Å². The van der Waals surface area contributed by atoms with Crippen molar-refractivity contribution in [3.8, 4) is 0 Å². The summed E-state index contributed by atoms with van der Waals surface area (Å²) < 4.78 is 0. The molecule has 0 aromatic heterocycles. The molecule has 1 unspecified atom stereocenters. The van der Waals surface area contributed by atoms with Gasteiger partial charge in [0.05, 0.1) is 0 Å². The van der Waals surface area contributed by atoms with Crippen molar-refractivity contribution in [1.82, 2.24) is 4.90 Å². The lowest BCUT2D eigenvalue weighted by Crippen LogP contribution is -2.27. The molecule has 2 heteroatoms. The van der Waals surface area contributed by atoms with E-state index in [2.05, 4.69) is 4.90 Å². The molecule has 1 saturated heterocycles. The van der Waals surface area contributed by atoms with Crippen LogP contribution >= 0.6 is 0 Å². The first-order valence-corrected chi connectivity index (χ1v) is 4.32. The summed E-state index contributed by atoms with van der Waals surface area (Å²) in [5.74, 6) is 2.08. The van der Waals surface area contributed by atoms with E-state index in [9.17, 15) is 0 Å². The van der Waals surface area contributed by atoms with Crippen molar-refractivity contribution in [3.63, 3.8) is 0 Å². The molecule has 0 spiro atoms. The van der Waals surface area contributed by atoms with Crippen molar-refractivity contribution in [3.05, 3.63) is 0 Å². The van der Waals surface area contributed by atoms with Crippen LogP contribution in [0.25, 0.3) is 0 Å². The molecule has 1 aliphatic heterocycles. The number of hydrogen-bond donors (Lipinski definition) is 1. The highest BCUT2D eigenvalue weighted by atomic mass is 15.2. The second-order valence-electron chi connectivity index (χ2n) is 3.65. The minimum absolute atomic E-state index is 0.767. The van der Waals surface area contributed by atoms with Crippen LogP contribution in [0.5, 0.6) is 0 Å². The maximum Gasteiger partial charge on any atom is 0.0455 e. The summed E-state index contributed by atoms with van der Waals surface area (Å²) in [5, 5.41) is 0. The molecule has 1 heterocycles. The fourth-order valence-corrected chi connectivity index (χ4v) is 1.98. The minimum atomic E-state index is 0.767. The molecular weight excluding hydrogens is 124 g/mol. The van der Waals surface area contributed by atoms with Crippen LogP contribution in [-0.4, -0.2) is 24.7 Å². The Morgan fingerprint density at radius 2 is 2.00 bits per heavy atom. The smallest absolute Gasteiger partial charge is 0.0455 e. The van der Waals surface area contributed by atoms with Gasteiger partial charge in [0, 0.05) is 13.2 Å². The van der Waals surface area contributed by atoms with E-state index in [4.69, 9.17) is 5.73 Å². The molecule has 2 nitrogen and oxygen atoms in total. The fraction of sp³-hybridized carbons (Fsp3) is 1.00. The van der Waals surface area contributed by atoms with E-state index in [-0.39, 0.29) is 0 Å². The van der Waals surface area contributed by atoms with Crippen molar-refractivity contribution in [1.29, 1.82) is 0 Å². The molecule has 2 N–H and O–H groups in total. The molecule has 1 atom stereocenters. The second-order valence-corrected chi connectivity index (χ2v) is 3.65. The molecular formula is C8H16N2. The first-order valence-electron chi connectivity index (χ1n) is 4.32. The van der Waals surface area contributed by atoms with Crippen molar-refractivity contribution >= 4 is 0 Å².